The van der Waals surface area contributed by atoms with Crippen molar-refractivity contribution in [2.24, 2.45) is 5.92 Å². The van der Waals surface area contributed by atoms with Gasteiger partial charge in [0.2, 0.25) is 5.95 Å². The molecule has 0 saturated carbocycles. The molecule has 14 heteroatoms. The highest BCUT2D eigenvalue weighted by Crippen LogP contribution is 2.42. The Morgan fingerprint density at radius 2 is 2.06 bits per heavy atom. The van der Waals surface area contributed by atoms with Crippen molar-refractivity contribution in [3.8, 4) is 0 Å². The molecule has 6 N–H and O–H groups in total. The van der Waals surface area contributed by atoms with Crippen molar-refractivity contribution < 1.29 is 33.5 Å². The van der Waals surface area contributed by atoms with Crippen LogP contribution in [-0.4, -0.2) is 53.2 Å². The fourth-order valence-corrected chi connectivity index (χ4v) is 4.00. The monoisotopic (exact) mass is 479 g/mol. The highest BCUT2D eigenvalue weighted by molar-refractivity contribution is 7.46. The average molecular weight is 479 g/mol. The fraction of sp³-hybridized carbons (Fsp3) is 0.316. The molecule has 1 saturated heterocycles. The molecule has 176 valence electrons. The van der Waals surface area contributed by atoms with Crippen molar-refractivity contribution in [3.05, 3.63) is 64.9 Å². The van der Waals surface area contributed by atoms with Crippen LogP contribution >= 0.6 is 7.82 Å². The number of fused-ring (bicyclic) bond motifs is 1. The fourth-order valence-electron chi connectivity index (χ4n) is 3.66. The Labute approximate surface area is 186 Å². The van der Waals surface area contributed by atoms with Crippen molar-refractivity contribution in [1.29, 1.82) is 0 Å². The van der Waals surface area contributed by atoms with Gasteiger partial charge in [0.1, 0.15) is 12.7 Å². The number of phosphoric ester groups is 1. The van der Waals surface area contributed by atoms with E-state index in [2.05, 4.69) is 26.1 Å². The molecule has 0 aliphatic carbocycles. The second kappa shape index (κ2) is 9.06. The predicted molar refractivity (Wildman–Crippen MR) is 114 cm³/mol. The minimum Gasteiger partial charge on any atom is -0.493 e. The molecule has 1 fully saturated rings. The number of hydrogen-bond donors (Lipinski definition) is 5. The van der Waals surface area contributed by atoms with Crippen LogP contribution in [0.4, 0.5) is 5.95 Å². The molecule has 0 unspecified atom stereocenters. The number of nitrogens with two attached hydrogens (primary N) is 1. The van der Waals surface area contributed by atoms with Crippen molar-refractivity contribution >= 4 is 24.9 Å². The van der Waals surface area contributed by atoms with Gasteiger partial charge >= 0.3 is 7.82 Å². The number of aromatic nitrogens is 4. The lowest BCUT2D eigenvalue weighted by atomic mass is 9.96. The molecule has 1 aliphatic rings. The van der Waals surface area contributed by atoms with Gasteiger partial charge in [-0.05, 0) is 5.56 Å². The maximum atomic E-state index is 12.1. The Bertz CT molecular complexity index is 1260. The summed E-state index contributed by atoms with van der Waals surface area (Å²) in [5.41, 5.74) is 5.95. The van der Waals surface area contributed by atoms with Crippen LogP contribution < -0.4 is 11.3 Å². The van der Waals surface area contributed by atoms with Crippen molar-refractivity contribution in [1.82, 2.24) is 19.5 Å². The van der Waals surface area contributed by atoms with E-state index in [1.165, 1.54) is 10.9 Å². The molecule has 1 aromatic carbocycles. The third-order valence-corrected chi connectivity index (χ3v) is 5.63. The molecule has 2 aromatic heterocycles. The number of aliphatic hydroxyl groups is 1. The van der Waals surface area contributed by atoms with Gasteiger partial charge in [-0.25, -0.2) is 9.55 Å². The zero-order valence-electron chi connectivity index (χ0n) is 17.1. The summed E-state index contributed by atoms with van der Waals surface area (Å²) >= 11 is 0. The summed E-state index contributed by atoms with van der Waals surface area (Å²) in [5, 5.41) is 11.1. The van der Waals surface area contributed by atoms with Gasteiger partial charge in [-0.2, -0.15) is 4.98 Å². The maximum Gasteiger partial charge on any atom is 0.469 e. The highest BCUT2D eigenvalue weighted by atomic mass is 31.2. The standard InChI is InChI=1S/C19H22N5O8P/c1-10(30-7-11-5-3-2-4-6-11)13-12(8-31-33(27,28)29)32-18(15(13)25)24-9-21-14-16(24)22-19(20)23-17(14)26/h2-6,9,12-13,15,18,25H,1,7-8H2,(H2,27,28,29)(H3,20,22,23,26)/t12-,13-,15-,18-/m1/s1. The summed E-state index contributed by atoms with van der Waals surface area (Å²) in [7, 11) is -4.82. The number of phosphoric acid groups is 1. The van der Waals surface area contributed by atoms with E-state index in [1.807, 2.05) is 30.3 Å². The number of nitrogen functional groups attached to an aromatic ring is 1. The summed E-state index contributed by atoms with van der Waals surface area (Å²) in [4.78, 5) is 40.7. The number of anilines is 1. The van der Waals surface area contributed by atoms with Gasteiger partial charge < -0.3 is 30.1 Å². The van der Waals surface area contributed by atoms with E-state index in [0.29, 0.717) is 0 Å². The number of imidazole rings is 1. The van der Waals surface area contributed by atoms with Crippen LogP contribution in [-0.2, 0) is 25.2 Å². The van der Waals surface area contributed by atoms with Crippen molar-refractivity contribution in [2.75, 3.05) is 12.3 Å². The molecule has 13 nitrogen and oxygen atoms in total. The van der Waals surface area contributed by atoms with E-state index in [0.717, 1.165) is 5.56 Å². The minimum atomic E-state index is -4.82. The molecule has 0 bridgehead atoms. The third-order valence-electron chi connectivity index (χ3n) is 5.15. The first-order valence-corrected chi connectivity index (χ1v) is 11.3. The number of aromatic amines is 1. The first kappa shape index (κ1) is 23.1. The number of nitrogens with one attached hydrogen (secondary N) is 1. The van der Waals surface area contributed by atoms with Crippen LogP contribution in [0.2, 0.25) is 0 Å². The first-order valence-electron chi connectivity index (χ1n) is 9.75. The Kier molecular flexibility index (Phi) is 6.34. The Balaban J connectivity index is 1.62. The normalized spacial score (nSPS) is 23.1. The zero-order chi connectivity index (χ0) is 23.8. The lowest BCUT2D eigenvalue weighted by molar-refractivity contribution is -0.0488. The van der Waals surface area contributed by atoms with Gasteiger partial charge in [-0.1, -0.05) is 36.9 Å². The number of nitrogens with zero attached hydrogens (tertiary/aromatic N) is 3. The maximum absolute atomic E-state index is 12.1. The van der Waals surface area contributed by atoms with Gasteiger partial charge in [0, 0.05) is 0 Å². The third kappa shape index (κ3) is 4.98. The van der Waals surface area contributed by atoms with Gasteiger partial charge in [-0.15, -0.1) is 0 Å². The van der Waals surface area contributed by atoms with E-state index in [4.69, 9.17) is 25.0 Å². The minimum absolute atomic E-state index is 0.0226. The van der Waals surface area contributed by atoms with Crippen LogP contribution in [0.3, 0.4) is 0 Å². The molecule has 1 aliphatic heterocycles. The predicted octanol–water partition coefficient (Wildman–Crippen LogP) is 0.416. The largest absolute Gasteiger partial charge is 0.493 e. The average Bonchev–Trinajstić information content (AvgIpc) is 3.31. The summed E-state index contributed by atoms with van der Waals surface area (Å²) in [5.74, 6) is -0.958. The van der Waals surface area contributed by atoms with Gasteiger partial charge in [0.15, 0.2) is 17.4 Å². The number of H-pyrrole nitrogens is 1. The Morgan fingerprint density at radius 1 is 1.33 bits per heavy atom. The molecule has 3 aromatic rings. The van der Waals surface area contributed by atoms with Crippen LogP contribution in [0.5, 0.6) is 0 Å². The van der Waals surface area contributed by atoms with E-state index in [-0.39, 0.29) is 29.5 Å². The van der Waals surface area contributed by atoms with Crippen LogP contribution in [0, 0.1) is 5.92 Å². The molecule has 4 atom stereocenters. The quantitative estimate of drug-likeness (QED) is 0.222. The van der Waals surface area contributed by atoms with E-state index >= 15 is 0 Å². The summed E-state index contributed by atoms with van der Waals surface area (Å²) in [6.07, 6.45) is -2.25. The number of benzene rings is 1. The van der Waals surface area contributed by atoms with Gasteiger partial charge in [0.25, 0.3) is 5.56 Å². The molecule has 3 heterocycles. The smallest absolute Gasteiger partial charge is 0.469 e. The number of hydrogen-bond acceptors (Lipinski definition) is 9. The van der Waals surface area contributed by atoms with Gasteiger partial charge in [-0.3, -0.25) is 18.9 Å². The summed E-state index contributed by atoms with van der Waals surface area (Å²) in [6.45, 7) is 3.47. The molecule has 33 heavy (non-hydrogen) atoms. The van der Waals surface area contributed by atoms with Crippen molar-refractivity contribution in [3.63, 3.8) is 0 Å². The molecular formula is C19H22N5O8P. The SMILES string of the molecule is C=C(OCc1ccccc1)[C@H]1[C@@H](O)[C@H](n2cnc3c(=O)[nH]c(N)nc32)O[C@@H]1COP(=O)(O)O. The van der Waals surface area contributed by atoms with E-state index < -0.39 is 44.3 Å². The molecule has 0 amide bonds. The van der Waals surface area contributed by atoms with E-state index in [1.54, 1.807) is 0 Å². The lowest BCUT2D eigenvalue weighted by Crippen LogP contribution is -2.31. The molecular weight excluding hydrogens is 457 g/mol. The summed E-state index contributed by atoms with van der Waals surface area (Å²) < 4.78 is 28.8. The Hall–Kier alpha value is -3.06. The second-order valence-electron chi connectivity index (χ2n) is 7.38. The lowest BCUT2D eigenvalue weighted by Gasteiger charge is -2.23. The van der Waals surface area contributed by atoms with Crippen LogP contribution in [0.15, 0.2) is 53.8 Å². The second-order valence-corrected chi connectivity index (χ2v) is 8.62. The van der Waals surface area contributed by atoms with Crippen LogP contribution in [0.1, 0.15) is 11.8 Å². The van der Waals surface area contributed by atoms with E-state index in [9.17, 15) is 14.5 Å². The molecule has 0 radical (unpaired) electrons. The number of rotatable bonds is 8. The highest BCUT2D eigenvalue weighted by Gasteiger charge is 2.48. The summed E-state index contributed by atoms with van der Waals surface area (Å²) in [6, 6.07) is 9.22. The van der Waals surface area contributed by atoms with Crippen molar-refractivity contribution in [2.45, 2.75) is 25.0 Å². The topological polar surface area (TPSA) is 195 Å². The first-order chi connectivity index (χ1) is 15.6. The zero-order valence-corrected chi connectivity index (χ0v) is 18.0. The van der Waals surface area contributed by atoms with Gasteiger partial charge in [0.05, 0.1) is 30.7 Å². The number of aliphatic hydroxyl groups excluding tert-OH is 1. The number of ether oxygens (including phenoxy) is 2. The Morgan fingerprint density at radius 3 is 2.76 bits per heavy atom. The molecule has 0 spiro atoms. The van der Waals surface area contributed by atoms with Crippen LogP contribution in [0.25, 0.3) is 11.2 Å². The molecule has 4 rings (SSSR count).